The molecule has 7 heteroatoms. The quantitative estimate of drug-likeness (QED) is 0.811. The molecule has 0 saturated carbocycles. The predicted octanol–water partition coefficient (Wildman–Crippen LogP) is 2.77. The van der Waals surface area contributed by atoms with E-state index >= 15 is 0 Å². The highest BCUT2D eigenvalue weighted by Crippen LogP contribution is 2.31. The number of carbonyl (C=O) groups excluding carboxylic acids is 2. The first kappa shape index (κ1) is 16.3. The number of nitrogens with one attached hydrogen (secondary N) is 1. The van der Waals surface area contributed by atoms with E-state index in [0.29, 0.717) is 17.2 Å². The van der Waals surface area contributed by atoms with Gasteiger partial charge in [-0.25, -0.2) is 4.79 Å². The van der Waals surface area contributed by atoms with E-state index < -0.39 is 24.6 Å². The van der Waals surface area contributed by atoms with Crippen molar-refractivity contribution >= 4 is 33.5 Å². The SMILES string of the molecule is O=C(COC(=O)C1COc2ccccc2O1)Nc1ccc(Br)cc1. The third-order valence-corrected chi connectivity index (χ3v) is 3.77. The molecule has 2 aromatic rings. The second-order valence-electron chi connectivity index (χ2n) is 5.03. The fourth-order valence-electron chi connectivity index (χ4n) is 2.10. The molecule has 0 aliphatic carbocycles. The van der Waals surface area contributed by atoms with E-state index in [1.807, 2.05) is 6.07 Å². The monoisotopic (exact) mass is 391 g/mol. The summed E-state index contributed by atoms with van der Waals surface area (Å²) in [5.41, 5.74) is 0.616. The molecule has 6 nitrogen and oxygen atoms in total. The Kier molecular flexibility index (Phi) is 5.00. The number of ether oxygens (including phenoxy) is 3. The summed E-state index contributed by atoms with van der Waals surface area (Å²) in [4.78, 5) is 23.8. The Labute approximate surface area is 146 Å². The maximum absolute atomic E-state index is 12.0. The highest BCUT2D eigenvalue weighted by molar-refractivity contribution is 9.10. The van der Waals surface area contributed by atoms with Crippen molar-refractivity contribution in [3.05, 3.63) is 53.0 Å². The van der Waals surface area contributed by atoms with E-state index in [-0.39, 0.29) is 6.61 Å². The second-order valence-corrected chi connectivity index (χ2v) is 5.94. The molecule has 1 heterocycles. The van der Waals surface area contributed by atoms with Gasteiger partial charge in [0, 0.05) is 10.2 Å². The molecule has 1 unspecified atom stereocenters. The number of amides is 1. The van der Waals surface area contributed by atoms with Crippen LogP contribution in [-0.4, -0.2) is 31.2 Å². The summed E-state index contributed by atoms with van der Waals surface area (Å²) in [5.74, 6) is -0.0159. The zero-order chi connectivity index (χ0) is 16.9. The first-order chi connectivity index (χ1) is 11.6. The van der Waals surface area contributed by atoms with Gasteiger partial charge in [-0.2, -0.15) is 0 Å². The van der Waals surface area contributed by atoms with E-state index in [1.54, 1.807) is 42.5 Å². The fourth-order valence-corrected chi connectivity index (χ4v) is 2.36. The van der Waals surface area contributed by atoms with Gasteiger partial charge in [0.2, 0.25) is 6.10 Å². The molecule has 24 heavy (non-hydrogen) atoms. The maximum atomic E-state index is 12.0. The largest absolute Gasteiger partial charge is 0.485 e. The number of benzene rings is 2. The summed E-state index contributed by atoms with van der Waals surface area (Å²) in [6.45, 7) is -0.347. The predicted molar refractivity (Wildman–Crippen MR) is 90.1 cm³/mol. The van der Waals surface area contributed by atoms with Gasteiger partial charge in [-0.1, -0.05) is 28.1 Å². The van der Waals surface area contributed by atoms with E-state index in [1.165, 1.54) is 0 Å². The first-order valence-corrected chi connectivity index (χ1v) is 8.01. The Morgan fingerprint density at radius 3 is 2.58 bits per heavy atom. The lowest BCUT2D eigenvalue weighted by molar-refractivity contribution is -0.156. The van der Waals surface area contributed by atoms with Crippen LogP contribution in [0.25, 0.3) is 0 Å². The highest BCUT2D eigenvalue weighted by Gasteiger charge is 2.29. The highest BCUT2D eigenvalue weighted by atomic mass is 79.9. The van der Waals surface area contributed by atoms with E-state index in [9.17, 15) is 9.59 Å². The topological polar surface area (TPSA) is 73.9 Å². The normalized spacial score (nSPS) is 15.5. The number of para-hydroxylation sites is 2. The smallest absolute Gasteiger partial charge is 0.351 e. The Morgan fingerprint density at radius 1 is 1.12 bits per heavy atom. The van der Waals surface area contributed by atoms with E-state index in [4.69, 9.17) is 14.2 Å². The molecular formula is C17H14BrNO5. The number of esters is 1. The third-order valence-electron chi connectivity index (χ3n) is 3.24. The molecule has 2 aromatic carbocycles. The van der Waals surface area contributed by atoms with Gasteiger partial charge >= 0.3 is 5.97 Å². The van der Waals surface area contributed by atoms with Gasteiger partial charge in [-0.3, -0.25) is 4.79 Å². The van der Waals surface area contributed by atoms with Crippen LogP contribution in [0.5, 0.6) is 11.5 Å². The average molecular weight is 392 g/mol. The van der Waals surface area contributed by atoms with Crippen LogP contribution in [0.2, 0.25) is 0 Å². The van der Waals surface area contributed by atoms with Gasteiger partial charge in [0.15, 0.2) is 18.1 Å². The van der Waals surface area contributed by atoms with Crippen LogP contribution in [0.15, 0.2) is 53.0 Å². The van der Waals surface area contributed by atoms with Gasteiger partial charge in [0.05, 0.1) is 0 Å². The van der Waals surface area contributed by atoms with Gasteiger partial charge in [0.25, 0.3) is 5.91 Å². The summed E-state index contributed by atoms with van der Waals surface area (Å²) in [5, 5.41) is 2.63. The van der Waals surface area contributed by atoms with Crippen molar-refractivity contribution in [1.29, 1.82) is 0 Å². The summed E-state index contributed by atoms with van der Waals surface area (Å²) >= 11 is 3.31. The Bertz CT molecular complexity index is 747. The molecule has 0 fully saturated rings. The van der Waals surface area contributed by atoms with Crippen molar-refractivity contribution < 1.29 is 23.8 Å². The fraction of sp³-hybridized carbons (Fsp3) is 0.176. The summed E-state index contributed by atoms with van der Waals surface area (Å²) in [7, 11) is 0. The van der Waals surface area contributed by atoms with Crippen molar-refractivity contribution in [2.45, 2.75) is 6.10 Å². The summed E-state index contributed by atoms with van der Waals surface area (Å²) in [6, 6.07) is 14.1. The lowest BCUT2D eigenvalue weighted by atomic mass is 10.2. The molecule has 1 aliphatic heterocycles. The molecule has 0 spiro atoms. The minimum Gasteiger partial charge on any atom is -0.485 e. The maximum Gasteiger partial charge on any atom is 0.351 e. The number of hydrogen-bond donors (Lipinski definition) is 1. The minimum atomic E-state index is -0.889. The van der Waals surface area contributed by atoms with Crippen LogP contribution in [0.4, 0.5) is 5.69 Å². The molecule has 0 bridgehead atoms. The number of halogens is 1. The second kappa shape index (κ2) is 7.35. The van der Waals surface area contributed by atoms with Crippen LogP contribution >= 0.6 is 15.9 Å². The molecule has 1 atom stereocenters. The number of anilines is 1. The summed E-state index contributed by atoms with van der Waals surface area (Å²) < 4.78 is 16.9. The van der Waals surface area contributed by atoms with Crippen molar-refractivity contribution in [3.63, 3.8) is 0 Å². The van der Waals surface area contributed by atoms with Crippen molar-refractivity contribution in [3.8, 4) is 11.5 Å². The molecule has 0 radical (unpaired) electrons. The number of carbonyl (C=O) groups is 2. The molecule has 0 saturated heterocycles. The third kappa shape index (κ3) is 4.05. The zero-order valence-electron chi connectivity index (χ0n) is 12.5. The number of fused-ring (bicyclic) bond motifs is 1. The zero-order valence-corrected chi connectivity index (χ0v) is 14.1. The van der Waals surface area contributed by atoms with Crippen LogP contribution < -0.4 is 14.8 Å². The lowest BCUT2D eigenvalue weighted by Gasteiger charge is -2.24. The van der Waals surface area contributed by atoms with Crippen LogP contribution in [0, 0.1) is 0 Å². The molecule has 0 aromatic heterocycles. The van der Waals surface area contributed by atoms with Gasteiger partial charge in [-0.15, -0.1) is 0 Å². The molecule has 1 N–H and O–H groups in total. The average Bonchev–Trinajstić information content (AvgIpc) is 2.61. The van der Waals surface area contributed by atoms with Crippen LogP contribution in [0.1, 0.15) is 0 Å². The number of rotatable bonds is 4. The lowest BCUT2D eigenvalue weighted by Crippen LogP contribution is -2.39. The van der Waals surface area contributed by atoms with Gasteiger partial charge in [-0.05, 0) is 36.4 Å². The van der Waals surface area contributed by atoms with Gasteiger partial charge in [0.1, 0.15) is 6.61 Å². The van der Waals surface area contributed by atoms with Gasteiger partial charge < -0.3 is 19.5 Å². The van der Waals surface area contributed by atoms with Crippen molar-refractivity contribution in [1.82, 2.24) is 0 Å². The molecule has 1 aliphatic rings. The van der Waals surface area contributed by atoms with E-state index in [2.05, 4.69) is 21.2 Å². The Morgan fingerprint density at radius 2 is 1.83 bits per heavy atom. The number of hydrogen-bond acceptors (Lipinski definition) is 5. The molecule has 1 amide bonds. The Hall–Kier alpha value is -2.54. The van der Waals surface area contributed by atoms with Crippen LogP contribution in [-0.2, 0) is 14.3 Å². The van der Waals surface area contributed by atoms with Crippen molar-refractivity contribution in [2.75, 3.05) is 18.5 Å². The first-order valence-electron chi connectivity index (χ1n) is 7.22. The van der Waals surface area contributed by atoms with E-state index in [0.717, 1.165) is 4.47 Å². The van der Waals surface area contributed by atoms with Crippen molar-refractivity contribution in [2.24, 2.45) is 0 Å². The summed E-state index contributed by atoms with van der Waals surface area (Å²) in [6.07, 6.45) is -0.889. The Balaban J connectivity index is 1.49. The molecular weight excluding hydrogens is 378 g/mol. The molecule has 3 rings (SSSR count). The standard InChI is InChI=1S/C17H14BrNO5/c18-11-5-7-12(8-6-11)19-16(20)10-23-17(21)15-9-22-13-3-1-2-4-14(13)24-15/h1-8,15H,9-10H2,(H,19,20). The van der Waals surface area contributed by atoms with Crippen LogP contribution in [0.3, 0.4) is 0 Å². The molecule has 124 valence electrons. The minimum absolute atomic E-state index is 0.0458.